The van der Waals surface area contributed by atoms with Gasteiger partial charge < -0.3 is 10.2 Å². The average Bonchev–Trinajstić information content (AvgIpc) is 2.86. The first kappa shape index (κ1) is 20.3. The predicted molar refractivity (Wildman–Crippen MR) is 98.9 cm³/mol. The number of rotatable bonds is 2. The number of aliphatic hydroxyl groups excluding tert-OH is 1. The van der Waals surface area contributed by atoms with Gasteiger partial charge in [0.25, 0.3) is 0 Å². The van der Waals surface area contributed by atoms with Gasteiger partial charge in [-0.2, -0.15) is 0 Å². The number of allylic oxidation sites excluding steroid dienone is 6. The first-order valence-electron chi connectivity index (χ1n) is 9.79. The highest BCUT2D eigenvalue weighted by atomic mass is 19.1. The van der Waals surface area contributed by atoms with Gasteiger partial charge in [0, 0.05) is 23.3 Å². The second-order valence-electron chi connectivity index (χ2n) is 9.36. The zero-order valence-electron chi connectivity index (χ0n) is 16.5. The van der Waals surface area contributed by atoms with E-state index in [2.05, 4.69) is 0 Å². The number of hydrogen-bond acceptors (Lipinski definition) is 5. The van der Waals surface area contributed by atoms with Gasteiger partial charge >= 0.3 is 0 Å². The molecule has 0 aromatic carbocycles. The van der Waals surface area contributed by atoms with Crippen LogP contribution < -0.4 is 0 Å². The zero-order chi connectivity index (χ0) is 21.6. The lowest BCUT2D eigenvalue weighted by Crippen LogP contribution is -2.67. The van der Waals surface area contributed by atoms with Gasteiger partial charge in [-0.3, -0.25) is 14.4 Å². The van der Waals surface area contributed by atoms with Crippen molar-refractivity contribution in [3.05, 3.63) is 35.7 Å². The average molecular weight is 406 g/mol. The highest BCUT2D eigenvalue weighted by Gasteiger charge is 2.75. The van der Waals surface area contributed by atoms with Gasteiger partial charge in [0.1, 0.15) is 18.0 Å². The molecular weight excluding hydrogens is 382 g/mol. The van der Waals surface area contributed by atoms with Gasteiger partial charge in [0.2, 0.25) is 0 Å². The van der Waals surface area contributed by atoms with E-state index < -0.39 is 76.1 Å². The summed E-state index contributed by atoms with van der Waals surface area (Å²) < 4.78 is 31.8. The molecule has 7 heteroatoms. The number of ketones is 3. The monoisotopic (exact) mass is 406 g/mol. The molecular formula is C22H24F2O5. The fourth-order valence-electron chi connectivity index (χ4n) is 6.53. The second-order valence-corrected chi connectivity index (χ2v) is 9.36. The second kappa shape index (κ2) is 5.79. The molecule has 0 heterocycles. The van der Waals surface area contributed by atoms with Gasteiger partial charge in [0.15, 0.2) is 23.0 Å². The van der Waals surface area contributed by atoms with Gasteiger partial charge in [-0.25, -0.2) is 8.78 Å². The number of Topliss-reactive ketones (excluding diaryl/α,β-unsaturated/α-hetero) is 2. The maximum absolute atomic E-state index is 16.7. The molecule has 5 nitrogen and oxygen atoms in total. The van der Waals surface area contributed by atoms with E-state index in [1.54, 1.807) is 13.8 Å². The topological polar surface area (TPSA) is 91.7 Å². The van der Waals surface area contributed by atoms with Gasteiger partial charge in [-0.15, -0.1) is 0 Å². The minimum absolute atomic E-state index is 0.159. The minimum atomic E-state index is -2.51. The van der Waals surface area contributed by atoms with Crippen LogP contribution >= 0.6 is 0 Å². The van der Waals surface area contributed by atoms with Crippen molar-refractivity contribution in [1.29, 1.82) is 0 Å². The lowest BCUT2D eigenvalue weighted by molar-refractivity contribution is -0.181. The van der Waals surface area contributed by atoms with Crippen molar-refractivity contribution in [2.45, 2.75) is 44.9 Å². The van der Waals surface area contributed by atoms with Gasteiger partial charge in [-0.1, -0.05) is 19.9 Å². The fourth-order valence-corrected chi connectivity index (χ4v) is 6.53. The number of hydrogen-bond donors (Lipinski definition) is 2. The van der Waals surface area contributed by atoms with Crippen molar-refractivity contribution in [3.63, 3.8) is 0 Å². The van der Waals surface area contributed by atoms with Crippen molar-refractivity contribution in [2.24, 2.45) is 28.6 Å². The van der Waals surface area contributed by atoms with Crippen molar-refractivity contribution in [3.8, 4) is 0 Å². The van der Waals surface area contributed by atoms with Crippen LogP contribution in [0, 0.1) is 28.6 Å². The summed E-state index contributed by atoms with van der Waals surface area (Å²) in [6.45, 7) is 3.68. The Hall–Kier alpha value is -1.99. The zero-order valence-corrected chi connectivity index (χ0v) is 16.5. The van der Waals surface area contributed by atoms with Crippen molar-refractivity contribution in [1.82, 2.24) is 0 Å². The maximum atomic E-state index is 16.7. The van der Waals surface area contributed by atoms with E-state index in [1.165, 1.54) is 13.0 Å². The molecule has 2 saturated carbocycles. The SMILES string of the molecule is CC1C[C@H]2[C@@H]3C=C(F)C4=CC(=O)C=C[C@]4(C)[C@@]3(F)C(=O)C[C@]2(C)[C@@]1(O)C(=O)CO. The van der Waals surface area contributed by atoms with Crippen LogP contribution in [-0.2, 0) is 14.4 Å². The molecule has 0 aromatic heterocycles. The maximum Gasteiger partial charge on any atom is 0.190 e. The quantitative estimate of drug-likeness (QED) is 0.734. The standard InChI is InChI=1S/C22H24F2O5/c1-11-6-13-14-8-16(23)15-7-12(26)4-5-19(15,2)21(14,24)17(27)9-20(13,3)22(11,29)18(28)10-25/h4-5,7-8,11,13-14,25,29H,6,9-10H2,1-3H3/t11?,13-,14-,19-,20-,21-,22-/m0/s1. The third-order valence-electron chi connectivity index (χ3n) is 8.17. The van der Waals surface area contributed by atoms with E-state index in [4.69, 9.17) is 0 Å². The first-order chi connectivity index (χ1) is 13.4. The molecule has 1 unspecified atom stereocenters. The van der Waals surface area contributed by atoms with Crippen LogP contribution in [0.2, 0.25) is 0 Å². The minimum Gasteiger partial charge on any atom is -0.388 e. The van der Waals surface area contributed by atoms with E-state index in [0.29, 0.717) is 0 Å². The molecule has 0 aliphatic heterocycles. The van der Waals surface area contributed by atoms with Gasteiger partial charge in [-0.05, 0) is 43.4 Å². The Labute approximate surface area is 167 Å². The molecule has 0 spiro atoms. The molecule has 0 saturated heterocycles. The smallest absolute Gasteiger partial charge is 0.190 e. The van der Waals surface area contributed by atoms with Crippen LogP contribution in [0.4, 0.5) is 8.78 Å². The van der Waals surface area contributed by atoms with Crippen LogP contribution in [0.15, 0.2) is 35.7 Å². The third-order valence-corrected chi connectivity index (χ3v) is 8.17. The number of carbonyl (C=O) groups excluding carboxylic acids is 3. The number of aliphatic hydroxyl groups is 2. The molecule has 4 rings (SSSR count). The van der Waals surface area contributed by atoms with E-state index in [-0.39, 0.29) is 12.0 Å². The number of carbonyl (C=O) groups is 3. The summed E-state index contributed by atoms with van der Waals surface area (Å²) in [5.41, 5.74) is -7.68. The molecule has 0 radical (unpaired) electrons. The first-order valence-corrected chi connectivity index (χ1v) is 9.79. The molecule has 4 aliphatic carbocycles. The molecule has 0 aromatic rings. The number of halogens is 2. The van der Waals surface area contributed by atoms with Crippen LogP contribution in [-0.4, -0.2) is 45.4 Å². The van der Waals surface area contributed by atoms with Crippen LogP contribution in [0.5, 0.6) is 0 Å². The summed E-state index contributed by atoms with van der Waals surface area (Å²) in [6.07, 6.45) is 4.25. The number of alkyl halides is 1. The normalized spacial score (nSPS) is 48.4. The van der Waals surface area contributed by atoms with Crippen LogP contribution in [0.25, 0.3) is 0 Å². The Balaban J connectivity index is 1.94. The summed E-state index contributed by atoms with van der Waals surface area (Å²) in [6, 6.07) is 0. The molecule has 4 aliphatic rings. The number of fused-ring (bicyclic) bond motifs is 5. The van der Waals surface area contributed by atoms with E-state index in [9.17, 15) is 24.6 Å². The fraction of sp³-hybridized carbons (Fsp3) is 0.591. The van der Waals surface area contributed by atoms with Crippen LogP contribution in [0.3, 0.4) is 0 Å². The molecule has 0 amide bonds. The van der Waals surface area contributed by atoms with Crippen LogP contribution in [0.1, 0.15) is 33.6 Å². The summed E-state index contributed by atoms with van der Waals surface area (Å²) in [7, 11) is 0. The Bertz CT molecular complexity index is 935. The molecule has 156 valence electrons. The van der Waals surface area contributed by atoms with E-state index >= 15 is 8.78 Å². The third kappa shape index (κ3) is 2.07. The van der Waals surface area contributed by atoms with E-state index in [0.717, 1.165) is 18.2 Å². The summed E-state index contributed by atoms with van der Waals surface area (Å²) >= 11 is 0. The molecule has 0 bridgehead atoms. The predicted octanol–water partition coefficient (Wildman–Crippen LogP) is 2.18. The Morgan fingerprint density at radius 3 is 2.59 bits per heavy atom. The van der Waals surface area contributed by atoms with Gasteiger partial charge in [0.05, 0.1) is 5.41 Å². The van der Waals surface area contributed by atoms with Crippen molar-refractivity contribution >= 4 is 17.3 Å². The summed E-state index contributed by atoms with van der Waals surface area (Å²) in [5.74, 6) is -5.45. The lowest BCUT2D eigenvalue weighted by Gasteiger charge is -2.57. The Kier molecular flexibility index (Phi) is 4.05. The molecule has 7 atom stereocenters. The summed E-state index contributed by atoms with van der Waals surface area (Å²) in [5, 5.41) is 20.7. The molecule has 29 heavy (non-hydrogen) atoms. The Morgan fingerprint density at radius 2 is 1.97 bits per heavy atom. The lowest BCUT2D eigenvalue weighted by atomic mass is 9.46. The Morgan fingerprint density at radius 1 is 1.31 bits per heavy atom. The largest absolute Gasteiger partial charge is 0.388 e. The van der Waals surface area contributed by atoms with Crippen molar-refractivity contribution < 1.29 is 33.4 Å². The molecule has 2 N–H and O–H groups in total. The highest BCUT2D eigenvalue weighted by Crippen LogP contribution is 2.69. The highest BCUT2D eigenvalue weighted by molar-refractivity contribution is 6.03. The summed E-state index contributed by atoms with van der Waals surface area (Å²) in [4.78, 5) is 37.5. The molecule has 2 fully saturated rings. The van der Waals surface area contributed by atoms with E-state index in [1.807, 2.05) is 0 Å². The van der Waals surface area contributed by atoms with Crippen molar-refractivity contribution in [2.75, 3.05) is 6.61 Å².